The van der Waals surface area contributed by atoms with E-state index >= 15 is 0 Å². The van der Waals surface area contributed by atoms with Gasteiger partial charge in [-0.2, -0.15) is 13.2 Å². The fourth-order valence-corrected chi connectivity index (χ4v) is 6.62. The number of nitrogens with zero attached hydrogens (tertiary/aromatic N) is 1. The first-order valence-corrected chi connectivity index (χ1v) is 15.5. The highest BCUT2D eigenvalue weighted by Gasteiger charge is 2.33. The van der Waals surface area contributed by atoms with E-state index in [2.05, 4.69) is 32.7 Å². The fourth-order valence-electron chi connectivity index (χ4n) is 5.45. The number of likely N-dealkylation sites (tertiary alicyclic amines) is 1. The van der Waals surface area contributed by atoms with E-state index in [1.165, 1.54) is 44.4 Å². The zero-order valence-corrected chi connectivity index (χ0v) is 25.5. The largest absolute Gasteiger partial charge is 0.489 e. The molecule has 0 radical (unpaired) electrons. The van der Waals surface area contributed by atoms with Crippen molar-refractivity contribution in [1.82, 2.24) is 10.2 Å². The molecule has 1 aromatic heterocycles. The minimum absolute atomic E-state index is 0.00375. The minimum Gasteiger partial charge on any atom is -0.489 e. The highest BCUT2D eigenvalue weighted by atomic mass is 32.1. The molecule has 2 fully saturated rings. The Morgan fingerprint density at radius 3 is 2.57 bits per heavy atom. The van der Waals surface area contributed by atoms with Crippen LogP contribution in [0.1, 0.15) is 46.5 Å². The molecule has 1 aliphatic heterocycles. The third-order valence-corrected chi connectivity index (χ3v) is 9.00. The van der Waals surface area contributed by atoms with Gasteiger partial charge in [-0.1, -0.05) is 24.0 Å². The molecule has 1 saturated heterocycles. The number of piperidine rings is 1. The predicted octanol–water partition coefficient (Wildman–Crippen LogP) is 6.03. The smallest absolute Gasteiger partial charge is 0.393 e. The normalized spacial score (nSPS) is 16.0. The summed E-state index contributed by atoms with van der Waals surface area (Å²) in [5.41, 5.74) is 1.06. The van der Waals surface area contributed by atoms with Gasteiger partial charge in [0, 0.05) is 45.4 Å². The number of amides is 1. The second-order valence-corrected chi connectivity index (χ2v) is 12.0. The quantitative estimate of drug-likeness (QED) is 0.136. The van der Waals surface area contributed by atoms with E-state index in [0.29, 0.717) is 10.3 Å². The molecule has 7 nitrogen and oxygen atoms in total. The minimum atomic E-state index is -4.40. The fraction of sp³-hybridized carbons (Fsp3) is 0.469. The van der Waals surface area contributed by atoms with Crippen molar-refractivity contribution in [1.29, 1.82) is 0 Å². The lowest BCUT2D eigenvalue weighted by Gasteiger charge is -2.33. The second kappa shape index (κ2) is 14.1. The number of fused-ring (bicyclic) bond motifs is 1. The van der Waals surface area contributed by atoms with Gasteiger partial charge in [-0.3, -0.25) is 4.79 Å². The van der Waals surface area contributed by atoms with Crippen molar-refractivity contribution in [3.63, 3.8) is 0 Å². The molecule has 0 bridgehead atoms. The highest BCUT2D eigenvalue weighted by Crippen LogP contribution is 2.40. The molecular formula is C32H36F4N4O3S. The van der Waals surface area contributed by atoms with Crippen LogP contribution in [-0.4, -0.2) is 76.1 Å². The van der Waals surface area contributed by atoms with Crippen LogP contribution in [-0.2, 0) is 11.2 Å². The molecule has 2 aromatic carbocycles. The predicted molar refractivity (Wildman–Crippen MR) is 165 cm³/mol. The lowest BCUT2D eigenvalue weighted by atomic mass is 10.0. The van der Waals surface area contributed by atoms with Crippen molar-refractivity contribution in [2.24, 2.45) is 0 Å². The van der Waals surface area contributed by atoms with Crippen LogP contribution in [0.3, 0.4) is 0 Å². The van der Waals surface area contributed by atoms with Crippen LogP contribution in [0.15, 0.2) is 30.3 Å². The van der Waals surface area contributed by atoms with Gasteiger partial charge in [0.15, 0.2) is 0 Å². The molecule has 1 saturated carbocycles. The number of hydrogen-bond donors (Lipinski definition) is 3. The number of halogens is 4. The molecule has 1 amide bonds. The molecule has 0 unspecified atom stereocenters. The summed E-state index contributed by atoms with van der Waals surface area (Å²) in [6.07, 6.45) is -0.949. The van der Waals surface area contributed by atoms with Gasteiger partial charge in [0.2, 0.25) is 0 Å². The monoisotopic (exact) mass is 632 g/mol. The lowest BCUT2D eigenvalue weighted by Crippen LogP contribution is -2.40. The number of methoxy groups -OCH3 is 1. The average molecular weight is 633 g/mol. The Bertz CT molecular complexity index is 1540. The summed E-state index contributed by atoms with van der Waals surface area (Å²) in [7, 11) is 2.91. The Morgan fingerprint density at radius 1 is 1.11 bits per heavy atom. The summed E-state index contributed by atoms with van der Waals surface area (Å²) in [5.74, 6) is 4.69. The molecule has 2 aliphatic rings. The van der Waals surface area contributed by atoms with Crippen LogP contribution in [0.2, 0.25) is 0 Å². The molecule has 3 N–H and O–H groups in total. The summed E-state index contributed by atoms with van der Waals surface area (Å²) in [6.45, 7) is 2.50. The van der Waals surface area contributed by atoms with Crippen molar-refractivity contribution < 1.29 is 31.8 Å². The van der Waals surface area contributed by atoms with Crippen molar-refractivity contribution in [3.05, 3.63) is 52.2 Å². The van der Waals surface area contributed by atoms with Crippen molar-refractivity contribution in [3.8, 4) is 17.6 Å². The summed E-state index contributed by atoms with van der Waals surface area (Å²) in [4.78, 5) is 14.9. The molecule has 2 heterocycles. The van der Waals surface area contributed by atoms with Gasteiger partial charge in [0.05, 0.1) is 46.1 Å². The van der Waals surface area contributed by atoms with Crippen LogP contribution in [0.25, 0.3) is 10.1 Å². The number of carbonyl (C=O) groups is 1. The molecule has 236 valence electrons. The van der Waals surface area contributed by atoms with E-state index in [0.717, 1.165) is 48.4 Å². The van der Waals surface area contributed by atoms with E-state index < -0.39 is 24.3 Å². The number of ether oxygens (including phenoxy) is 2. The summed E-state index contributed by atoms with van der Waals surface area (Å²) in [6, 6.07) is 8.85. The number of rotatable bonds is 11. The Hall–Kier alpha value is -3.53. The van der Waals surface area contributed by atoms with E-state index in [1.807, 2.05) is 6.07 Å². The maximum absolute atomic E-state index is 14.7. The van der Waals surface area contributed by atoms with Crippen molar-refractivity contribution in [2.45, 2.75) is 50.4 Å². The van der Waals surface area contributed by atoms with Gasteiger partial charge in [-0.05, 0) is 48.8 Å². The third kappa shape index (κ3) is 7.94. The van der Waals surface area contributed by atoms with Crippen LogP contribution in [0.4, 0.5) is 28.9 Å². The van der Waals surface area contributed by atoms with Crippen LogP contribution in [0.5, 0.6) is 5.75 Å². The van der Waals surface area contributed by atoms with E-state index in [1.54, 1.807) is 12.1 Å². The molecule has 0 atom stereocenters. The summed E-state index contributed by atoms with van der Waals surface area (Å²) >= 11 is 1.25. The molecule has 3 aromatic rings. The van der Waals surface area contributed by atoms with Crippen LogP contribution in [0, 0.1) is 17.7 Å². The van der Waals surface area contributed by atoms with Gasteiger partial charge in [0.1, 0.15) is 18.2 Å². The van der Waals surface area contributed by atoms with E-state index in [-0.39, 0.29) is 48.4 Å². The van der Waals surface area contributed by atoms with Crippen molar-refractivity contribution in [2.75, 3.05) is 57.6 Å². The lowest BCUT2D eigenvalue weighted by molar-refractivity contribution is -0.126. The topological polar surface area (TPSA) is 74.9 Å². The van der Waals surface area contributed by atoms with Gasteiger partial charge >= 0.3 is 6.18 Å². The Morgan fingerprint density at radius 2 is 1.89 bits per heavy atom. The second-order valence-electron chi connectivity index (χ2n) is 11.0. The number of hydrogen-bond acceptors (Lipinski definition) is 7. The van der Waals surface area contributed by atoms with Gasteiger partial charge in [-0.25, -0.2) is 4.39 Å². The van der Waals surface area contributed by atoms with Crippen molar-refractivity contribution >= 4 is 38.7 Å². The van der Waals surface area contributed by atoms with E-state index in [4.69, 9.17) is 9.47 Å². The van der Waals surface area contributed by atoms with Gasteiger partial charge in [-0.15, -0.1) is 11.3 Å². The first kappa shape index (κ1) is 31.9. The number of anilines is 2. The third-order valence-electron chi connectivity index (χ3n) is 7.80. The SMILES string of the molecule is CNC(=O)c1cc(OCCOC)c(NCC#Cc2sc3c(NC4CCN(C5CC5)CC4)cccc3c2CC(F)(F)F)cc1F. The number of benzene rings is 2. The maximum atomic E-state index is 14.7. The molecule has 5 rings (SSSR count). The average Bonchev–Trinajstić information content (AvgIpc) is 3.79. The molecule has 0 spiro atoms. The first-order chi connectivity index (χ1) is 21.2. The van der Waals surface area contributed by atoms with Gasteiger partial charge in [0.25, 0.3) is 5.91 Å². The Labute approximate surface area is 258 Å². The molecular weight excluding hydrogens is 596 g/mol. The number of nitrogens with one attached hydrogen (secondary N) is 3. The van der Waals surface area contributed by atoms with Gasteiger partial charge < -0.3 is 30.3 Å². The maximum Gasteiger partial charge on any atom is 0.393 e. The highest BCUT2D eigenvalue weighted by molar-refractivity contribution is 7.20. The molecule has 44 heavy (non-hydrogen) atoms. The molecule has 12 heteroatoms. The Balaban J connectivity index is 1.36. The zero-order valence-electron chi connectivity index (χ0n) is 24.7. The number of carbonyl (C=O) groups excluding carboxylic acids is 1. The first-order valence-electron chi connectivity index (χ1n) is 14.7. The summed E-state index contributed by atoms with van der Waals surface area (Å²) < 4.78 is 67.2. The Kier molecular flexibility index (Phi) is 10.2. The summed E-state index contributed by atoms with van der Waals surface area (Å²) in [5, 5.41) is 9.51. The van der Waals surface area contributed by atoms with E-state index in [9.17, 15) is 22.4 Å². The standard InChI is InChI=1S/C32H36F4N4O3S/c1-37-31(41)23-17-28(43-16-15-42-2)27(18-25(23)33)38-12-4-7-29-24(19-32(34,35)36)22-5-3-6-26(30(22)44-29)39-20-10-13-40(14-11-20)21-8-9-21/h3,5-6,17-18,20-21,38-39H,8-16,19H2,1-2H3,(H,37,41). The molecule has 1 aliphatic carbocycles. The number of alkyl halides is 3. The zero-order chi connectivity index (χ0) is 31.3. The number of thiophene rings is 1. The van der Waals surface area contributed by atoms with Crippen LogP contribution >= 0.6 is 11.3 Å². The van der Waals surface area contributed by atoms with Crippen LogP contribution < -0.4 is 20.7 Å².